The van der Waals surface area contributed by atoms with Gasteiger partial charge in [-0.05, 0) is 31.5 Å². The molecule has 1 unspecified atom stereocenters. The van der Waals surface area contributed by atoms with Gasteiger partial charge in [-0.2, -0.15) is 0 Å². The molecule has 1 aromatic heterocycles. The first-order valence-electron chi connectivity index (χ1n) is 10.7. The summed E-state index contributed by atoms with van der Waals surface area (Å²) in [5, 5.41) is 8.99. The van der Waals surface area contributed by atoms with Crippen molar-refractivity contribution in [1.29, 1.82) is 0 Å². The number of anilines is 2. The lowest BCUT2D eigenvalue weighted by atomic mass is 9.96. The highest BCUT2D eigenvalue weighted by Gasteiger charge is 2.30. The lowest BCUT2D eigenvalue weighted by molar-refractivity contribution is -0.139. The van der Waals surface area contributed by atoms with Gasteiger partial charge in [0.05, 0.1) is 19.1 Å². The van der Waals surface area contributed by atoms with Crippen LogP contribution in [0.1, 0.15) is 19.8 Å². The molecule has 0 N–H and O–H groups in total. The van der Waals surface area contributed by atoms with Crippen molar-refractivity contribution in [3.63, 3.8) is 0 Å². The predicted molar refractivity (Wildman–Crippen MR) is 109 cm³/mol. The standard InChI is InChI=1S/C20H32N6O2/c1-2-23-8-10-24(11-9-23)18-5-6-19(22-21-18)26-7-3-4-17(16-26)20(27)25-12-14-28-15-13-25/h5-6,17H,2-4,7-16H2,1H3. The molecular weight excluding hydrogens is 356 g/mol. The minimum atomic E-state index is 0.0513. The topological polar surface area (TPSA) is 65.0 Å². The molecule has 0 bridgehead atoms. The van der Waals surface area contributed by atoms with Crippen molar-refractivity contribution in [1.82, 2.24) is 20.0 Å². The monoisotopic (exact) mass is 388 g/mol. The maximum absolute atomic E-state index is 12.8. The van der Waals surface area contributed by atoms with E-state index in [9.17, 15) is 4.79 Å². The molecule has 8 nitrogen and oxygen atoms in total. The molecule has 1 aromatic rings. The summed E-state index contributed by atoms with van der Waals surface area (Å²) in [5.74, 6) is 2.16. The van der Waals surface area contributed by atoms with E-state index in [-0.39, 0.29) is 11.8 Å². The van der Waals surface area contributed by atoms with Gasteiger partial charge in [0.2, 0.25) is 5.91 Å². The lowest BCUT2D eigenvalue weighted by Crippen LogP contribution is -2.48. The second kappa shape index (κ2) is 9.05. The Morgan fingerprint density at radius 2 is 1.68 bits per heavy atom. The zero-order valence-corrected chi connectivity index (χ0v) is 16.9. The van der Waals surface area contributed by atoms with E-state index >= 15 is 0 Å². The second-order valence-electron chi connectivity index (χ2n) is 7.89. The highest BCUT2D eigenvalue weighted by atomic mass is 16.5. The number of hydrogen-bond donors (Lipinski definition) is 0. The number of nitrogens with zero attached hydrogens (tertiary/aromatic N) is 6. The SMILES string of the molecule is CCN1CCN(c2ccc(N3CCCC(C(=O)N4CCOCC4)C3)nn2)CC1. The summed E-state index contributed by atoms with van der Waals surface area (Å²) in [6.07, 6.45) is 1.98. The summed E-state index contributed by atoms with van der Waals surface area (Å²) >= 11 is 0. The molecule has 0 spiro atoms. The summed E-state index contributed by atoms with van der Waals surface area (Å²) in [5.41, 5.74) is 0. The predicted octanol–water partition coefficient (Wildman–Crippen LogP) is 0.694. The quantitative estimate of drug-likeness (QED) is 0.752. The molecule has 8 heteroatoms. The number of carbonyl (C=O) groups is 1. The summed E-state index contributed by atoms with van der Waals surface area (Å²) in [6.45, 7) is 11.9. The normalized spacial score (nSPS) is 24.5. The van der Waals surface area contributed by atoms with Crippen molar-refractivity contribution in [2.75, 3.05) is 81.9 Å². The Morgan fingerprint density at radius 3 is 2.32 bits per heavy atom. The van der Waals surface area contributed by atoms with Crippen molar-refractivity contribution < 1.29 is 9.53 Å². The molecule has 0 aliphatic carbocycles. The minimum absolute atomic E-state index is 0.0513. The first-order valence-corrected chi connectivity index (χ1v) is 10.7. The van der Waals surface area contributed by atoms with Crippen LogP contribution in [-0.4, -0.2) is 98.0 Å². The number of likely N-dealkylation sites (N-methyl/N-ethyl adjacent to an activating group) is 1. The Morgan fingerprint density at radius 1 is 1.00 bits per heavy atom. The fraction of sp³-hybridized carbons (Fsp3) is 0.750. The smallest absolute Gasteiger partial charge is 0.227 e. The van der Waals surface area contributed by atoms with Crippen LogP contribution in [-0.2, 0) is 9.53 Å². The molecule has 0 aromatic carbocycles. The number of piperazine rings is 1. The Hall–Kier alpha value is -1.93. The highest BCUT2D eigenvalue weighted by molar-refractivity contribution is 5.79. The molecule has 4 rings (SSSR count). The van der Waals surface area contributed by atoms with E-state index in [1.807, 2.05) is 4.90 Å². The van der Waals surface area contributed by atoms with Gasteiger partial charge in [0, 0.05) is 52.4 Å². The van der Waals surface area contributed by atoms with Crippen LogP contribution >= 0.6 is 0 Å². The zero-order valence-electron chi connectivity index (χ0n) is 16.9. The highest BCUT2D eigenvalue weighted by Crippen LogP contribution is 2.24. The van der Waals surface area contributed by atoms with Gasteiger partial charge in [-0.1, -0.05) is 6.92 Å². The fourth-order valence-electron chi connectivity index (χ4n) is 4.38. The van der Waals surface area contributed by atoms with Crippen molar-refractivity contribution in [2.24, 2.45) is 5.92 Å². The fourth-order valence-corrected chi connectivity index (χ4v) is 4.38. The Bertz CT molecular complexity index is 641. The molecule has 1 amide bonds. The van der Waals surface area contributed by atoms with E-state index in [2.05, 4.69) is 44.0 Å². The maximum atomic E-state index is 12.8. The van der Waals surface area contributed by atoms with E-state index in [0.29, 0.717) is 13.2 Å². The van der Waals surface area contributed by atoms with E-state index in [4.69, 9.17) is 4.74 Å². The van der Waals surface area contributed by atoms with Crippen LogP contribution in [0.5, 0.6) is 0 Å². The third kappa shape index (κ3) is 4.38. The molecule has 3 saturated heterocycles. The molecule has 154 valence electrons. The number of amides is 1. The molecule has 0 radical (unpaired) electrons. The third-order valence-corrected chi connectivity index (χ3v) is 6.20. The van der Waals surface area contributed by atoms with Crippen LogP contribution in [0, 0.1) is 5.92 Å². The van der Waals surface area contributed by atoms with Crippen molar-refractivity contribution in [2.45, 2.75) is 19.8 Å². The first-order chi connectivity index (χ1) is 13.7. The number of piperidine rings is 1. The van der Waals surface area contributed by atoms with Crippen LogP contribution in [0.15, 0.2) is 12.1 Å². The minimum Gasteiger partial charge on any atom is -0.378 e. The van der Waals surface area contributed by atoms with Crippen LogP contribution in [0.4, 0.5) is 11.6 Å². The molecule has 3 aliphatic heterocycles. The van der Waals surface area contributed by atoms with E-state index in [1.165, 1.54) is 0 Å². The van der Waals surface area contributed by atoms with Crippen molar-refractivity contribution >= 4 is 17.5 Å². The third-order valence-electron chi connectivity index (χ3n) is 6.20. The first kappa shape index (κ1) is 19.4. The number of morpholine rings is 1. The Balaban J connectivity index is 1.35. The molecular formula is C20H32N6O2. The maximum Gasteiger partial charge on any atom is 0.227 e. The van der Waals surface area contributed by atoms with Gasteiger partial charge in [0.25, 0.3) is 0 Å². The van der Waals surface area contributed by atoms with Crippen LogP contribution in [0.3, 0.4) is 0 Å². The van der Waals surface area contributed by atoms with Crippen LogP contribution in [0.2, 0.25) is 0 Å². The van der Waals surface area contributed by atoms with E-state index < -0.39 is 0 Å². The number of rotatable bonds is 4. The zero-order chi connectivity index (χ0) is 19.3. The molecule has 0 saturated carbocycles. The number of carbonyl (C=O) groups excluding carboxylic acids is 1. The van der Waals surface area contributed by atoms with Crippen LogP contribution < -0.4 is 9.80 Å². The summed E-state index contributed by atoms with van der Waals surface area (Å²) in [7, 11) is 0. The number of hydrogen-bond acceptors (Lipinski definition) is 7. The van der Waals surface area contributed by atoms with Gasteiger partial charge in [0.15, 0.2) is 11.6 Å². The Labute approximate surface area is 167 Å². The summed E-state index contributed by atoms with van der Waals surface area (Å²) in [4.78, 5) is 21.8. The van der Waals surface area contributed by atoms with Gasteiger partial charge in [0.1, 0.15) is 0 Å². The van der Waals surface area contributed by atoms with Gasteiger partial charge < -0.3 is 24.3 Å². The molecule has 3 fully saturated rings. The molecule has 4 heterocycles. The van der Waals surface area contributed by atoms with Gasteiger partial charge in [-0.3, -0.25) is 4.79 Å². The average Bonchev–Trinajstić information content (AvgIpc) is 2.79. The number of ether oxygens (including phenoxy) is 1. The van der Waals surface area contributed by atoms with Gasteiger partial charge >= 0.3 is 0 Å². The summed E-state index contributed by atoms with van der Waals surface area (Å²) in [6, 6.07) is 4.15. The largest absolute Gasteiger partial charge is 0.378 e. The van der Waals surface area contributed by atoms with E-state index in [0.717, 1.165) is 83.4 Å². The van der Waals surface area contributed by atoms with E-state index in [1.54, 1.807) is 0 Å². The average molecular weight is 389 g/mol. The molecule has 3 aliphatic rings. The lowest BCUT2D eigenvalue weighted by Gasteiger charge is -2.37. The number of aromatic nitrogens is 2. The molecule has 1 atom stereocenters. The van der Waals surface area contributed by atoms with Crippen molar-refractivity contribution in [3.8, 4) is 0 Å². The van der Waals surface area contributed by atoms with Crippen LogP contribution in [0.25, 0.3) is 0 Å². The van der Waals surface area contributed by atoms with Gasteiger partial charge in [-0.15, -0.1) is 10.2 Å². The Kier molecular flexibility index (Phi) is 6.26. The van der Waals surface area contributed by atoms with Crippen molar-refractivity contribution in [3.05, 3.63) is 12.1 Å². The second-order valence-corrected chi connectivity index (χ2v) is 7.89. The van der Waals surface area contributed by atoms with Gasteiger partial charge in [-0.25, -0.2) is 0 Å². The molecule has 28 heavy (non-hydrogen) atoms. The summed E-state index contributed by atoms with van der Waals surface area (Å²) < 4.78 is 5.37.